The average Bonchev–Trinajstić information content (AvgIpc) is 2.82. The molecule has 9 heteroatoms. The number of carbonyl (C=O) groups excluding carboxylic acids is 2. The zero-order valence-electron chi connectivity index (χ0n) is 20.3. The van der Waals surface area contributed by atoms with E-state index in [1.165, 1.54) is 43.5 Å². The van der Waals surface area contributed by atoms with Crippen molar-refractivity contribution in [1.29, 1.82) is 0 Å². The SMILES string of the molecule is O=C(CN(CCCN1CCOCC1)C(=O)c1ccc([N+](=O)[O-])cc1)NC12CC3CC(CC(C3)C1)C2. The number of nitrogens with zero attached hydrogens (tertiary/aromatic N) is 3. The van der Waals surface area contributed by atoms with Gasteiger partial charge in [0, 0.05) is 49.4 Å². The predicted molar refractivity (Wildman–Crippen MR) is 130 cm³/mol. The molecular weight excluding hydrogens is 448 g/mol. The minimum absolute atomic E-state index is 0.0146. The lowest BCUT2D eigenvalue weighted by atomic mass is 9.53. The Hall–Kier alpha value is -2.52. The van der Waals surface area contributed by atoms with E-state index in [1.807, 2.05) is 0 Å². The van der Waals surface area contributed by atoms with Crippen LogP contribution in [-0.2, 0) is 9.53 Å². The van der Waals surface area contributed by atoms with Gasteiger partial charge >= 0.3 is 0 Å². The summed E-state index contributed by atoms with van der Waals surface area (Å²) < 4.78 is 5.41. The van der Waals surface area contributed by atoms with Crippen molar-refractivity contribution in [2.75, 3.05) is 45.9 Å². The molecule has 1 aromatic carbocycles. The summed E-state index contributed by atoms with van der Waals surface area (Å²) in [5.41, 5.74) is 0.214. The molecule has 2 amide bonds. The number of hydrogen-bond donors (Lipinski definition) is 1. The molecule has 5 fully saturated rings. The molecule has 6 rings (SSSR count). The molecule has 35 heavy (non-hydrogen) atoms. The number of carbonyl (C=O) groups is 2. The summed E-state index contributed by atoms with van der Waals surface area (Å²) in [5.74, 6) is 1.84. The minimum Gasteiger partial charge on any atom is -0.379 e. The molecule has 190 valence electrons. The largest absolute Gasteiger partial charge is 0.379 e. The van der Waals surface area contributed by atoms with Crippen molar-refractivity contribution >= 4 is 17.5 Å². The summed E-state index contributed by atoms with van der Waals surface area (Å²) in [6, 6.07) is 5.64. The summed E-state index contributed by atoms with van der Waals surface area (Å²) in [6.07, 6.45) is 7.88. The molecule has 0 spiro atoms. The monoisotopic (exact) mass is 484 g/mol. The standard InChI is InChI=1S/C26H36N4O5/c31-24(27-26-15-19-12-20(16-26)14-21(13-19)17-26)18-29(7-1-6-28-8-10-35-11-9-28)25(32)22-2-4-23(5-3-22)30(33)34/h2-5,19-21H,1,6-18H2,(H,27,31). The summed E-state index contributed by atoms with van der Waals surface area (Å²) in [5, 5.41) is 14.4. The summed E-state index contributed by atoms with van der Waals surface area (Å²) in [6.45, 7) is 4.51. The normalized spacial score (nSPS) is 29.7. The topological polar surface area (TPSA) is 105 Å². The zero-order chi connectivity index (χ0) is 24.4. The van der Waals surface area contributed by atoms with Crippen molar-refractivity contribution in [2.45, 2.75) is 50.5 Å². The molecule has 1 aliphatic heterocycles. The maximum absolute atomic E-state index is 13.4. The van der Waals surface area contributed by atoms with Crippen LogP contribution in [0.2, 0.25) is 0 Å². The molecule has 1 heterocycles. The first-order valence-electron chi connectivity index (χ1n) is 13.0. The van der Waals surface area contributed by atoms with Crippen LogP contribution in [0, 0.1) is 27.9 Å². The second-order valence-electron chi connectivity index (χ2n) is 11.1. The third kappa shape index (κ3) is 5.67. The molecule has 0 unspecified atom stereocenters. The Labute approximate surface area is 206 Å². The van der Waals surface area contributed by atoms with E-state index in [-0.39, 0.29) is 29.6 Å². The first-order chi connectivity index (χ1) is 16.9. The highest BCUT2D eigenvalue weighted by Crippen LogP contribution is 2.55. The van der Waals surface area contributed by atoms with E-state index < -0.39 is 4.92 Å². The van der Waals surface area contributed by atoms with Crippen LogP contribution in [0.4, 0.5) is 5.69 Å². The molecule has 1 aromatic rings. The third-order valence-corrected chi connectivity index (χ3v) is 8.40. The molecule has 9 nitrogen and oxygen atoms in total. The number of rotatable bonds is 9. The first kappa shape index (κ1) is 24.2. The molecule has 4 aliphatic carbocycles. The van der Waals surface area contributed by atoms with Crippen LogP contribution >= 0.6 is 0 Å². The van der Waals surface area contributed by atoms with Crippen LogP contribution in [0.25, 0.3) is 0 Å². The molecular formula is C26H36N4O5. The molecule has 0 aromatic heterocycles. The lowest BCUT2D eigenvalue weighted by Gasteiger charge is -2.57. The molecule has 1 N–H and O–H groups in total. The number of nitro benzene ring substituents is 1. The first-order valence-corrected chi connectivity index (χ1v) is 13.0. The Morgan fingerprint density at radius 1 is 1.06 bits per heavy atom. The van der Waals surface area contributed by atoms with Crippen LogP contribution in [-0.4, -0.2) is 78.0 Å². The van der Waals surface area contributed by atoms with E-state index in [0.29, 0.717) is 12.1 Å². The lowest BCUT2D eigenvalue weighted by Crippen LogP contribution is -2.61. The molecule has 0 radical (unpaired) electrons. The molecule has 0 atom stereocenters. The number of non-ortho nitro benzene ring substituents is 1. The quantitative estimate of drug-likeness (QED) is 0.427. The number of ether oxygens (including phenoxy) is 1. The van der Waals surface area contributed by atoms with Gasteiger partial charge in [-0.2, -0.15) is 0 Å². The number of nitro groups is 1. The van der Waals surface area contributed by atoms with Crippen molar-refractivity contribution in [3.05, 3.63) is 39.9 Å². The van der Waals surface area contributed by atoms with Crippen LogP contribution in [0.1, 0.15) is 55.3 Å². The Morgan fingerprint density at radius 3 is 2.23 bits per heavy atom. The Kier molecular flexibility index (Phi) is 7.07. The molecule has 4 bridgehead atoms. The Bertz CT molecular complexity index is 908. The highest BCUT2D eigenvalue weighted by Gasteiger charge is 2.51. The second-order valence-corrected chi connectivity index (χ2v) is 11.1. The second kappa shape index (κ2) is 10.2. The van der Waals surface area contributed by atoms with E-state index in [4.69, 9.17) is 4.74 Å². The fraction of sp³-hybridized carbons (Fsp3) is 0.692. The van der Waals surface area contributed by atoms with Crippen molar-refractivity contribution < 1.29 is 19.2 Å². The van der Waals surface area contributed by atoms with Gasteiger partial charge in [0.25, 0.3) is 11.6 Å². The Morgan fingerprint density at radius 2 is 1.66 bits per heavy atom. The van der Waals surface area contributed by atoms with Gasteiger partial charge in [-0.25, -0.2) is 0 Å². The van der Waals surface area contributed by atoms with E-state index in [1.54, 1.807) is 4.90 Å². The Balaban J connectivity index is 1.24. The number of nitrogens with one attached hydrogen (secondary N) is 1. The third-order valence-electron chi connectivity index (χ3n) is 8.40. The number of benzene rings is 1. The van der Waals surface area contributed by atoms with Crippen molar-refractivity contribution in [3.8, 4) is 0 Å². The van der Waals surface area contributed by atoms with Crippen LogP contribution in [0.5, 0.6) is 0 Å². The number of hydrogen-bond acceptors (Lipinski definition) is 6. The number of amides is 2. The van der Waals surface area contributed by atoms with Gasteiger partial charge in [0.1, 0.15) is 0 Å². The summed E-state index contributed by atoms with van der Waals surface area (Å²) in [4.78, 5) is 41.1. The smallest absolute Gasteiger partial charge is 0.269 e. The van der Waals surface area contributed by atoms with E-state index in [0.717, 1.165) is 76.3 Å². The predicted octanol–water partition coefficient (Wildman–Crippen LogP) is 2.84. The molecule has 5 aliphatic rings. The van der Waals surface area contributed by atoms with Crippen LogP contribution in [0.15, 0.2) is 24.3 Å². The minimum atomic E-state index is -0.479. The zero-order valence-corrected chi connectivity index (χ0v) is 20.3. The van der Waals surface area contributed by atoms with Gasteiger partial charge < -0.3 is 15.0 Å². The molecule has 1 saturated heterocycles. The molecule has 4 saturated carbocycles. The van der Waals surface area contributed by atoms with Gasteiger partial charge in [-0.3, -0.25) is 24.6 Å². The van der Waals surface area contributed by atoms with Gasteiger partial charge in [0.15, 0.2) is 0 Å². The van der Waals surface area contributed by atoms with E-state index in [9.17, 15) is 19.7 Å². The summed E-state index contributed by atoms with van der Waals surface area (Å²) in [7, 11) is 0. The number of morpholine rings is 1. The van der Waals surface area contributed by atoms with E-state index in [2.05, 4.69) is 10.2 Å². The maximum Gasteiger partial charge on any atom is 0.269 e. The van der Waals surface area contributed by atoms with Gasteiger partial charge in [-0.1, -0.05) is 0 Å². The van der Waals surface area contributed by atoms with Crippen LogP contribution in [0.3, 0.4) is 0 Å². The van der Waals surface area contributed by atoms with Crippen molar-refractivity contribution in [1.82, 2.24) is 15.1 Å². The fourth-order valence-electron chi connectivity index (χ4n) is 7.24. The van der Waals surface area contributed by atoms with Crippen LogP contribution < -0.4 is 5.32 Å². The van der Waals surface area contributed by atoms with Gasteiger partial charge in [0.2, 0.25) is 5.91 Å². The summed E-state index contributed by atoms with van der Waals surface area (Å²) >= 11 is 0. The highest BCUT2D eigenvalue weighted by molar-refractivity contribution is 5.96. The fourth-order valence-corrected chi connectivity index (χ4v) is 7.24. The lowest BCUT2D eigenvalue weighted by molar-refractivity contribution is -0.384. The van der Waals surface area contributed by atoms with Crippen molar-refractivity contribution in [2.24, 2.45) is 17.8 Å². The van der Waals surface area contributed by atoms with Gasteiger partial charge in [0.05, 0.1) is 24.7 Å². The van der Waals surface area contributed by atoms with Gasteiger partial charge in [-0.15, -0.1) is 0 Å². The maximum atomic E-state index is 13.4. The van der Waals surface area contributed by atoms with Gasteiger partial charge in [-0.05, 0) is 74.8 Å². The highest BCUT2D eigenvalue weighted by atomic mass is 16.6. The van der Waals surface area contributed by atoms with E-state index >= 15 is 0 Å². The average molecular weight is 485 g/mol. The van der Waals surface area contributed by atoms with Crippen molar-refractivity contribution in [3.63, 3.8) is 0 Å².